The van der Waals surface area contributed by atoms with Gasteiger partial charge in [0.25, 0.3) is 5.91 Å². The molecule has 1 aromatic rings. The minimum Gasteiger partial charge on any atom is -0.507 e. The summed E-state index contributed by atoms with van der Waals surface area (Å²) in [7, 11) is 0. The van der Waals surface area contributed by atoms with Crippen molar-refractivity contribution in [2.24, 2.45) is 0 Å². The van der Waals surface area contributed by atoms with Gasteiger partial charge in [0, 0.05) is 6.54 Å². The largest absolute Gasteiger partial charge is 0.507 e. The van der Waals surface area contributed by atoms with Gasteiger partial charge in [-0.25, -0.2) is 4.79 Å². The first-order valence-electron chi connectivity index (χ1n) is 6.77. The van der Waals surface area contributed by atoms with E-state index in [1.54, 1.807) is 19.1 Å². The Hall–Kier alpha value is -2.04. The highest BCUT2D eigenvalue weighted by Crippen LogP contribution is 2.35. The van der Waals surface area contributed by atoms with Gasteiger partial charge in [0.2, 0.25) is 0 Å². The number of likely N-dealkylation sites (tertiary alicyclic amines) is 1. The van der Waals surface area contributed by atoms with Crippen LogP contribution in [0.5, 0.6) is 5.75 Å². The van der Waals surface area contributed by atoms with E-state index in [1.807, 2.05) is 6.92 Å². The highest BCUT2D eigenvalue weighted by molar-refractivity contribution is 6.00. The summed E-state index contributed by atoms with van der Waals surface area (Å²) in [5.74, 6) is -1.49. The average molecular weight is 277 g/mol. The number of carbonyl (C=O) groups excluding carboxylic acids is 1. The van der Waals surface area contributed by atoms with Crippen molar-refractivity contribution in [3.8, 4) is 5.75 Å². The molecule has 1 aliphatic heterocycles. The Bertz CT molecular complexity index is 555. The molecular formula is C15H19NO4. The lowest BCUT2D eigenvalue weighted by Gasteiger charge is -2.34. The number of carboxylic acid groups (broad SMARTS) is 1. The number of phenols is 1. The Morgan fingerprint density at radius 1 is 1.40 bits per heavy atom. The third-order valence-electron chi connectivity index (χ3n) is 4.10. The number of carbonyl (C=O) groups is 2. The zero-order valence-electron chi connectivity index (χ0n) is 11.7. The predicted octanol–water partition coefficient (Wildman–Crippen LogP) is 2.17. The Morgan fingerprint density at radius 3 is 2.70 bits per heavy atom. The van der Waals surface area contributed by atoms with Crippen LogP contribution in [-0.4, -0.2) is 39.1 Å². The van der Waals surface area contributed by atoms with Crippen molar-refractivity contribution in [3.63, 3.8) is 0 Å². The number of nitrogens with zero attached hydrogens (tertiary/aromatic N) is 1. The van der Waals surface area contributed by atoms with Crippen LogP contribution in [0.15, 0.2) is 18.2 Å². The monoisotopic (exact) mass is 277 g/mol. The summed E-state index contributed by atoms with van der Waals surface area (Å²) in [5.41, 5.74) is -0.124. The molecule has 1 aliphatic rings. The minimum absolute atomic E-state index is 0.108. The predicted molar refractivity (Wildman–Crippen MR) is 73.8 cm³/mol. The van der Waals surface area contributed by atoms with Crippen molar-refractivity contribution in [1.82, 2.24) is 4.90 Å². The molecule has 0 aliphatic carbocycles. The third-order valence-corrected chi connectivity index (χ3v) is 4.10. The number of aliphatic carboxylic acids is 1. The zero-order chi connectivity index (χ0) is 14.9. The number of phenolic OH excluding ortho intramolecular Hbond substituents is 1. The molecule has 1 fully saturated rings. The fraction of sp³-hybridized carbons (Fsp3) is 0.467. The summed E-state index contributed by atoms with van der Waals surface area (Å²) in [6.45, 7) is 4.01. The molecule has 5 nitrogen and oxygen atoms in total. The van der Waals surface area contributed by atoms with E-state index in [0.29, 0.717) is 25.8 Å². The Balaban J connectivity index is 2.42. The van der Waals surface area contributed by atoms with Crippen molar-refractivity contribution in [1.29, 1.82) is 0 Å². The molecule has 1 aromatic carbocycles. The molecular weight excluding hydrogens is 258 g/mol. The van der Waals surface area contributed by atoms with Gasteiger partial charge in [-0.05, 0) is 38.3 Å². The molecule has 1 atom stereocenters. The van der Waals surface area contributed by atoms with Crippen LogP contribution in [0.25, 0.3) is 0 Å². The number of hydrogen-bond donors (Lipinski definition) is 2. The lowest BCUT2D eigenvalue weighted by molar-refractivity contribution is -0.148. The zero-order valence-corrected chi connectivity index (χ0v) is 11.7. The maximum atomic E-state index is 12.6. The molecule has 0 radical (unpaired) electrons. The van der Waals surface area contributed by atoms with Crippen LogP contribution in [-0.2, 0) is 4.79 Å². The standard InChI is InChI=1S/C15H19NO4/c1-3-15(14(19)20)7-4-8-16(15)13(18)11-9-10(2)5-6-12(11)17/h5-6,9,17H,3-4,7-8H2,1-2H3,(H,19,20). The SMILES string of the molecule is CCC1(C(=O)O)CCCN1C(=O)c1cc(C)ccc1O. The summed E-state index contributed by atoms with van der Waals surface area (Å²) < 4.78 is 0. The second-order valence-electron chi connectivity index (χ2n) is 5.27. The van der Waals surface area contributed by atoms with Crippen LogP contribution >= 0.6 is 0 Å². The first-order valence-corrected chi connectivity index (χ1v) is 6.77. The van der Waals surface area contributed by atoms with Gasteiger partial charge in [0.1, 0.15) is 11.3 Å². The Morgan fingerprint density at radius 2 is 2.10 bits per heavy atom. The lowest BCUT2D eigenvalue weighted by atomic mass is 9.92. The van der Waals surface area contributed by atoms with E-state index < -0.39 is 17.4 Å². The van der Waals surface area contributed by atoms with E-state index in [9.17, 15) is 19.8 Å². The Kier molecular flexibility index (Phi) is 3.70. The molecule has 2 N–H and O–H groups in total. The van der Waals surface area contributed by atoms with E-state index in [4.69, 9.17) is 0 Å². The summed E-state index contributed by atoms with van der Waals surface area (Å²) in [4.78, 5) is 25.6. The fourth-order valence-corrected chi connectivity index (χ4v) is 2.88. The van der Waals surface area contributed by atoms with Gasteiger partial charge in [0.05, 0.1) is 5.56 Å². The highest BCUT2D eigenvalue weighted by Gasteiger charge is 2.48. The molecule has 2 rings (SSSR count). The van der Waals surface area contributed by atoms with Gasteiger partial charge < -0.3 is 15.1 Å². The van der Waals surface area contributed by atoms with Gasteiger partial charge in [-0.2, -0.15) is 0 Å². The number of amides is 1. The van der Waals surface area contributed by atoms with Crippen LogP contribution in [0.2, 0.25) is 0 Å². The van der Waals surface area contributed by atoms with Crippen molar-refractivity contribution >= 4 is 11.9 Å². The smallest absolute Gasteiger partial charge is 0.329 e. The molecule has 1 heterocycles. The van der Waals surface area contributed by atoms with Crippen LogP contribution in [0.3, 0.4) is 0 Å². The van der Waals surface area contributed by atoms with E-state index in [2.05, 4.69) is 0 Å². The van der Waals surface area contributed by atoms with Gasteiger partial charge >= 0.3 is 5.97 Å². The molecule has 1 saturated heterocycles. The number of carboxylic acids is 1. The summed E-state index contributed by atoms with van der Waals surface area (Å²) in [6, 6.07) is 4.77. The quantitative estimate of drug-likeness (QED) is 0.887. The first kappa shape index (κ1) is 14.4. The van der Waals surface area contributed by atoms with Crippen LogP contribution < -0.4 is 0 Å². The molecule has 0 spiro atoms. The second-order valence-corrected chi connectivity index (χ2v) is 5.27. The molecule has 1 unspecified atom stereocenters. The summed E-state index contributed by atoms with van der Waals surface area (Å²) >= 11 is 0. The molecule has 20 heavy (non-hydrogen) atoms. The van der Waals surface area contributed by atoms with E-state index in [1.165, 1.54) is 11.0 Å². The Labute approximate surface area is 117 Å². The number of hydrogen-bond acceptors (Lipinski definition) is 3. The fourth-order valence-electron chi connectivity index (χ4n) is 2.88. The van der Waals surface area contributed by atoms with E-state index >= 15 is 0 Å². The van der Waals surface area contributed by atoms with E-state index in [-0.39, 0.29) is 11.3 Å². The number of aryl methyl sites for hydroxylation is 1. The molecule has 0 bridgehead atoms. The van der Waals surface area contributed by atoms with Crippen LogP contribution in [0, 0.1) is 6.92 Å². The van der Waals surface area contributed by atoms with Crippen molar-refractivity contribution in [2.75, 3.05) is 6.54 Å². The number of benzene rings is 1. The van der Waals surface area contributed by atoms with Gasteiger partial charge in [0.15, 0.2) is 0 Å². The lowest BCUT2D eigenvalue weighted by Crippen LogP contribution is -2.52. The maximum absolute atomic E-state index is 12.6. The summed E-state index contributed by atoms with van der Waals surface area (Å²) in [6.07, 6.45) is 1.48. The number of rotatable bonds is 3. The van der Waals surface area contributed by atoms with Gasteiger partial charge in [-0.1, -0.05) is 18.6 Å². The normalized spacial score (nSPS) is 22.0. The summed E-state index contributed by atoms with van der Waals surface area (Å²) in [5, 5.41) is 19.3. The average Bonchev–Trinajstić information content (AvgIpc) is 2.85. The molecule has 0 aromatic heterocycles. The van der Waals surface area contributed by atoms with Crippen molar-refractivity contribution in [3.05, 3.63) is 29.3 Å². The van der Waals surface area contributed by atoms with E-state index in [0.717, 1.165) is 5.56 Å². The van der Waals surface area contributed by atoms with Crippen LogP contribution in [0.4, 0.5) is 0 Å². The topological polar surface area (TPSA) is 77.8 Å². The molecule has 108 valence electrons. The van der Waals surface area contributed by atoms with Gasteiger partial charge in [-0.15, -0.1) is 0 Å². The first-order chi connectivity index (χ1) is 9.42. The molecule has 1 amide bonds. The van der Waals surface area contributed by atoms with Crippen LogP contribution in [0.1, 0.15) is 42.1 Å². The second kappa shape index (κ2) is 5.15. The van der Waals surface area contributed by atoms with Crippen molar-refractivity contribution < 1.29 is 19.8 Å². The van der Waals surface area contributed by atoms with Crippen molar-refractivity contribution in [2.45, 2.75) is 38.6 Å². The molecule has 5 heteroatoms. The number of aromatic hydroxyl groups is 1. The highest BCUT2D eigenvalue weighted by atomic mass is 16.4. The minimum atomic E-state index is -1.15. The maximum Gasteiger partial charge on any atom is 0.329 e. The molecule has 0 saturated carbocycles. The van der Waals surface area contributed by atoms with Gasteiger partial charge in [-0.3, -0.25) is 4.79 Å². The third kappa shape index (κ3) is 2.13.